The van der Waals surface area contributed by atoms with Crippen LogP contribution in [0.1, 0.15) is 45.7 Å². The molecule has 0 aromatic carbocycles. The molecule has 0 saturated heterocycles. The van der Waals surface area contributed by atoms with Crippen LogP contribution >= 0.6 is 0 Å². The lowest BCUT2D eigenvalue weighted by Gasteiger charge is -2.17. The van der Waals surface area contributed by atoms with Crippen molar-refractivity contribution in [2.75, 3.05) is 24.5 Å². The topological polar surface area (TPSA) is 41.3 Å². The molecule has 1 heterocycles. The van der Waals surface area contributed by atoms with Gasteiger partial charge >= 0.3 is 0 Å². The Morgan fingerprint density at radius 3 is 2.76 bits per heavy atom. The minimum atomic E-state index is 0.759. The summed E-state index contributed by atoms with van der Waals surface area (Å²) in [7, 11) is 0. The molecule has 0 atom stereocenters. The summed E-state index contributed by atoms with van der Waals surface area (Å²) in [6.07, 6.45) is 5.27. The van der Waals surface area contributed by atoms with Crippen molar-refractivity contribution >= 4 is 6.01 Å². The quantitative estimate of drug-likeness (QED) is 0.673. The lowest BCUT2D eigenvalue weighted by Crippen LogP contribution is -2.24. The molecular weight excluding hydrogens is 214 g/mol. The predicted octanol–water partition coefficient (Wildman–Crippen LogP) is 2.80. The summed E-state index contributed by atoms with van der Waals surface area (Å²) in [5.41, 5.74) is 0.989. The fourth-order valence-electron chi connectivity index (χ4n) is 1.65. The molecule has 98 valence electrons. The van der Waals surface area contributed by atoms with Crippen molar-refractivity contribution in [3.8, 4) is 0 Å². The van der Waals surface area contributed by atoms with Crippen molar-refractivity contribution in [1.82, 2.24) is 10.3 Å². The van der Waals surface area contributed by atoms with Gasteiger partial charge in [-0.25, -0.2) is 0 Å². The van der Waals surface area contributed by atoms with Gasteiger partial charge in [-0.15, -0.1) is 0 Å². The Kier molecular flexibility index (Phi) is 6.70. The van der Waals surface area contributed by atoms with Crippen LogP contribution in [0.4, 0.5) is 6.01 Å². The second kappa shape index (κ2) is 8.12. The fourth-order valence-corrected chi connectivity index (χ4v) is 1.65. The largest absolute Gasteiger partial charge is 0.432 e. The van der Waals surface area contributed by atoms with Gasteiger partial charge in [-0.2, -0.15) is 4.98 Å². The number of nitrogens with one attached hydrogen (secondary N) is 1. The first kappa shape index (κ1) is 14.0. The lowest BCUT2D eigenvalue weighted by molar-refractivity contribution is 0.530. The molecular formula is C13H25N3O. The standard InChI is InChI=1S/C13H25N3O/c1-4-7-9-16(6-3)13-15-12(11-17-13)10-14-8-5-2/h11,14H,4-10H2,1-3H3. The number of nitrogens with zero attached hydrogens (tertiary/aromatic N) is 2. The normalized spacial score (nSPS) is 10.8. The summed E-state index contributed by atoms with van der Waals surface area (Å²) < 4.78 is 5.52. The van der Waals surface area contributed by atoms with Crippen molar-refractivity contribution in [2.45, 2.75) is 46.6 Å². The van der Waals surface area contributed by atoms with E-state index < -0.39 is 0 Å². The van der Waals surface area contributed by atoms with Gasteiger partial charge in [0.15, 0.2) is 0 Å². The second-order valence-corrected chi connectivity index (χ2v) is 4.23. The maximum absolute atomic E-state index is 5.52. The maximum atomic E-state index is 5.52. The van der Waals surface area contributed by atoms with Crippen LogP contribution < -0.4 is 10.2 Å². The van der Waals surface area contributed by atoms with Crippen molar-refractivity contribution in [3.63, 3.8) is 0 Å². The van der Waals surface area contributed by atoms with Crippen LogP contribution in [0.5, 0.6) is 0 Å². The van der Waals surface area contributed by atoms with Crippen LogP contribution in [0.25, 0.3) is 0 Å². The summed E-state index contributed by atoms with van der Waals surface area (Å²) in [4.78, 5) is 6.69. The van der Waals surface area contributed by atoms with Gasteiger partial charge in [0.2, 0.25) is 0 Å². The molecule has 0 aliphatic rings. The third-order valence-electron chi connectivity index (χ3n) is 2.71. The summed E-state index contributed by atoms with van der Waals surface area (Å²) >= 11 is 0. The van der Waals surface area contributed by atoms with E-state index >= 15 is 0 Å². The SMILES string of the molecule is CCCCN(CC)c1nc(CNCCC)co1. The molecule has 0 aliphatic heterocycles. The molecule has 0 spiro atoms. The smallest absolute Gasteiger partial charge is 0.297 e. The minimum Gasteiger partial charge on any atom is -0.432 e. The van der Waals surface area contributed by atoms with Crippen molar-refractivity contribution < 1.29 is 4.42 Å². The first-order chi connectivity index (χ1) is 8.31. The summed E-state index contributed by atoms with van der Waals surface area (Å²) in [6.45, 7) is 10.3. The molecule has 1 aromatic rings. The Balaban J connectivity index is 2.46. The molecule has 0 aliphatic carbocycles. The van der Waals surface area contributed by atoms with Crippen LogP contribution in [-0.4, -0.2) is 24.6 Å². The number of hydrogen-bond donors (Lipinski definition) is 1. The first-order valence-electron chi connectivity index (χ1n) is 6.71. The van der Waals surface area contributed by atoms with Crippen LogP contribution in [-0.2, 0) is 6.54 Å². The van der Waals surface area contributed by atoms with Gasteiger partial charge in [0.1, 0.15) is 6.26 Å². The molecule has 1 N–H and O–H groups in total. The minimum absolute atomic E-state index is 0.759. The van der Waals surface area contributed by atoms with E-state index in [9.17, 15) is 0 Å². The maximum Gasteiger partial charge on any atom is 0.297 e. The van der Waals surface area contributed by atoms with Gasteiger partial charge in [-0.1, -0.05) is 20.3 Å². The molecule has 0 unspecified atom stereocenters. The highest BCUT2D eigenvalue weighted by atomic mass is 16.4. The number of unbranched alkanes of at least 4 members (excludes halogenated alkanes) is 1. The summed E-state index contributed by atoms with van der Waals surface area (Å²) in [6, 6.07) is 0.759. The van der Waals surface area contributed by atoms with E-state index in [4.69, 9.17) is 4.42 Å². The number of aromatic nitrogens is 1. The zero-order valence-corrected chi connectivity index (χ0v) is 11.3. The molecule has 0 radical (unpaired) electrons. The Bertz CT molecular complexity index is 299. The van der Waals surface area contributed by atoms with Gasteiger partial charge in [-0.3, -0.25) is 0 Å². The molecule has 0 fully saturated rings. The van der Waals surface area contributed by atoms with E-state index in [-0.39, 0.29) is 0 Å². The number of hydrogen-bond acceptors (Lipinski definition) is 4. The molecule has 17 heavy (non-hydrogen) atoms. The monoisotopic (exact) mass is 239 g/mol. The molecule has 4 heteroatoms. The zero-order valence-electron chi connectivity index (χ0n) is 11.3. The van der Waals surface area contributed by atoms with Crippen LogP contribution in [0.15, 0.2) is 10.7 Å². The highest BCUT2D eigenvalue weighted by Crippen LogP contribution is 2.14. The van der Waals surface area contributed by atoms with E-state index in [0.29, 0.717) is 0 Å². The third-order valence-corrected chi connectivity index (χ3v) is 2.71. The second-order valence-electron chi connectivity index (χ2n) is 4.23. The molecule has 4 nitrogen and oxygen atoms in total. The lowest BCUT2D eigenvalue weighted by atomic mass is 10.3. The number of anilines is 1. The van der Waals surface area contributed by atoms with Crippen LogP contribution in [0.2, 0.25) is 0 Å². The average molecular weight is 239 g/mol. The van der Waals surface area contributed by atoms with Gasteiger partial charge in [0.05, 0.1) is 5.69 Å². The van der Waals surface area contributed by atoms with Crippen molar-refractivity contribution in [3.05, 3.63) is 12.0 Å². The van der Waals surface area contributed by atoms with E-state index in [1.165, 1.54) is 12.8 Å². The average Bonchev–Trinajstić information content (AvgIpc) is 2.79. The van der Waals surface area contributed by atoms with Crippen molar-refractivity contribution in [1.29, 1.82) is 0 Å². The highest BCUT2D eigenvalue weighted by molar-refractivity contribution is 5.26. The molecule has 0 bridgehead atoms. The van der Waals surface area contributed by atoms with Gasteiger partial charge in [0, 0.05) is 19.6 Å². The predicted molar refractivity (Wildman–Crippen MR) is 71.3 cm³/mol. The fraction of sp³-hybridized carbons (Fsp3) is 0.769. The van der Waals surface area contributed by atoms with Crippen LogP contribution in [0, 0.1) is 0 Å². The Morgan fingerprint density at radius 1 is 1.29 bits per heavy atom. The van der Waals surface area contributed by atoms with E-state index in [2.05, 4.69) is 36.0 Å². The highest BCUT2D eigenvalue weighted by Gasteiger charge is 2.10. The van der Waals surface area contributed by atoms with E-state index in [1.807, 2.05) is 0 Å². The number of rotatable bonds is 9. The van der Waals surface area contributed by atoms with Gasteiger partial charge < -0.3 is 14.6 Å². The summed E-state index contributed by atoms with van der Waals surface area (Å²) in [5.74, 6) is 0. The summed E-state index contributed by atoms with van der Waals surface area (Å²) in [5, 5.41) is 3.32. The van der Waals surface area contributed by atoms with E-state index in [1.54, 1.807) is 6.26 Å². The Morgan fingerprint density at radius 2 is 2.12 bits per heavy atom. The number of oxazole rings is 1. The molecule has 1 rings (SSSR count). The molecule has 0 saturated carbocycles. The third kappa shape index (κ3) is 4.77. The van der Waals surface area contributed by atoms with Gasteiger partial charge in [0.25, 0.3) is 6.01 Å². The molecule has 1 aromatic heterocycles. The molecule has 0 amide bonds. The van der Waals surface area contributed by atoms with Crippen molar-refractivity contribution in [2.24, 2.45) is 0 Å². The first-order valence-corrected chi connectivity index (χ1v) is 6.71. The van der Waals surface area contributed by atoms with Crippen LogP contribution in [0.3, 0.4) is 0 Å². The van der Waals surface area contributed by atoms with E-state index in [0.717, 1.165) is 44.3 Å². The Hall–Kier alpha value is -1.03. The Labute approximate surface area is 104 Å². The zero-order chi connectivity index (χ0) is 12.5. The van der Waals surface area contributed by atoms with Gasteiger partial charge in [-0.05, 0) is 26.3 Å².